The fraction of sp³-hybridized carbons (Fsp3) is 0.467. The molecule has 1 aromatic carbocycles. The Morgan fingerprint density at radius 1 is 1.32 bits per heavy atom. The lowest BCUT2D eigenvalue weighted by Crippen LogP contribution is -2.33. The van der Waals surface area contributed by atoms with Crippen molar-refractivity contribution in [1.29, 1.82) is 0 Å². The highest BCUT2D eigenvalue weighted by atomic mass is 16.4. The molecule has 0 bridgehead atoms. The van der Waals surface area contributed by atoms with E-state index in [1.54, 1.807) is 0 Å². The molecule has 1 amide bonds. The number of aliphatic carboxylic acids is 1. The first-order valence-electron chi connectivity index (χ1n) is 6.70. The standard InChI is InChI=1S/C15H19NO3/c1-10(5-8-14(17)18)16-15(19)13-7-6-11-3-2-4-12(11)9-13/h6-7,9-10H,2-5,8H2,1H3,(H,16,19)(H,17,18). The van der Waals surface area contributed by atoms with E-state index >= 15 is 0 Å². The highest BCUT2D eigenvalue weighted by Crippen LogP contribution is 2.22. The molecule has 1 aromatic rings. The second kappa shape index (κ2) is 5.87. The van der Waals surface area contributed by atoms with E-state index < -0.39 is 5.97 Å². The summed E-state index contributed by atoms with van der Waals surface area (Å²) in [4.78, 5) is 22.5. The van der Waals surface area contributed by atoms with Gasteiger partial charge in [0, 0.05) is 18.0 Å². The minimum absolute atomic E-state index is 0.0750. The molecule has 2 rings (SSSR count). The van der Waals surface area contributed by atoms with Crippen molar-refractivity contribution in [3.05, 3.63) is 34.9 Å². The summed E-state index contributed by atoms with van der Waals surface area (Å²) in [5.74, 6) is -0.953. The molecular weight excluding hydrogens is 242 g/mol. The Labute approximate surface area is 112 Å². The number of amides is 1. The van der Waals surface area contributed by atoms with Crippen LogP contribution in [-0.2, 0) is 17.6 Å². The molecule has 0 aromatic heterocycles. The number of aryl methyl sites for hydroxylation is 2. The van der Waals surface area contributed by atoms with Crippen LogP contribution in [0.1, 0.15) is 47.7 Å². The minimum atomic E-state index is -0.835. The number of carboxylic acids is 1. The van der Waals surface area contributed by atoms with Gasteiger partial charge in [-0.2, -0.15) is 0 Å². The molecule has 1 aliphatic carbocycles. The zero-order chi connectivity index (χ0) is 13.8. The number of benzene rings is 1. The van der Waals surface area contributed by atoms with Gasteiger partial charge in [-0.3, -0.25) is 9.59 Å². The van der Waals surface area contributed by atoms with E-state index in [2.05, 4.69) is 5.32 Å². The summed E-state index contributed by atoms with van der Waals surface area (Å²) in [6.07, 6.45) is 3.84. The zero-order valence-corrected chi connectivity index (χ0v) is 11.1. The second-order valence-electron chi connectivity index (χ2n) is 5.14. The average molecular weight is 261 g/mol. The quantitative estimate of drug-likeness (QED) is 0.853. The van der Waals surface area contributed by atoms with Gasteiger partial charge in [0.15, 0.2) is 0 Å². The third-order valence-corrected chi connectivity index (χ3v) is 3.53. The Hall–Kier alpha value is -1.84. The van der Waals surface area contributed by atoms with Crippen LogP contribution in [0.2, 0.25) is 0 Å². The molecule has 1 atom stereocenters. The van der Waals surface area contributed by atoms with E-state index in [4.69, 9.17) is 5.11 Å². The van der Waals surface area contributed by atoms with Crippen LogP contribution in [0.5, 0.6) is 0 Å². The van der Waals surface area contributed by atoms with Gasteiger partial charge in [-0.25, -0.2) is 0 Å². The van der Waals surface area contributed by atoms with Crippen molar-refractivity contribution in [3.63, 3.8) is 0 Å². The molecule has 4 heteroatoms. The van der Waals surface area contributed by atoms with E-state index in [-0.39, 0.29) is 18.4 Å². The molecule has 102 valence electrons. The predicted octanol–water partition coefficient (Wildman–Crippen LogP) is 2.16. The third-order valence-electron chi connectivity index (χ3n) is 3.53. The van der Waals surface area contributed by atoms with Crippen molar-refractivity contribution in [1.82, 2.24) is 5.32 Å². The molecule has 2 N–H and O–H groups in total. The van der Waals surface area contributed by atoms with Crippen LogP contribution in [0.3, 0.4) is 0 Å². The molecule has 0 aliphatic heterocycles. The number of hydrogen-bond donors (Lipinski definition) is 2. The first-order valence-corrected chi connectivity index (χ1v) is 6.70. The topological polar surface area (TPSA) is 66.4 Å². The van der Waals surface area contributed by atoms with Crippen LogP contribution >= 0.6 is 0 Å². The summed E-state index contributed by atoms with van der Waals surface area (Å²) in [7, 11) is 0. The largest absolute Gasteiger partial charge is 0.481 e. The number of rotatable bonds is 5. The SMILES string of the molecule is CC(CCC(=O)O)NC(=O)c1ccc2c(c1)CCC2. The summed E-state index contributed by atoms with van der Waals surface area (Å²) in [5, 5.41) is 11.4. The van der Waals surface area contributed by atoms with Crippen molar-refractivity contribution in [2.75, 3.05) is 0 Å². The van der Waals surface area contributed by atoms with Crippen LogP contribution in [0.25, 0.3) is 0 Å². The summed E-state index contributed by atoms with van der Waals surface area (Å²) in [6.45, 7) is 1.83. The van der Waals surface area contributed by atoms with Crippen molar-refractivity contribution >= 4 is 11.9 Å². The summed E-state index contributed by atoms with van der Waals surface area (Å²) in [5.41, 5.74) is 3.28. The molecule has 0 saturated heterocycles. The van der Waals surface area contributed by atoms with Gasteiger partial charge in [0.1, 0.15) is 0 Å². The monoisotopic (exact) mass is 261 g/mol. The Balaban J connectivity index is 1.94. The Morgan fingerprint density at radius 2 is 2.05 bits per heavy atom. The average Bonchev–Trinajstić information content (AvgIpc) is 2.83. The molecule has 0 spiro atoms. The van der Waals surface area contributed by atoms with Crippen LogP contribution in [0.4, 0.5) is 0 Å². The summed E-state index contributed by atoms with van der Waals surface area (Å²) in [6, 6.07) is 5.71. The van der Waals surface area contributed by atoms with Crippen molar-refractivity contribution < 1.29 is 14.7 Å². The highest BCUT2D eigenvalue weighted by Gasteiger charge is 2.15. The second-order valence-corrected chi connectivity index (χ2v) is 5.14. The number of nitrogens with one attached hydrogen (secondary N) is 1. The first kappa shape index (κ1) is 13.6. The summed E-state index contributed by atoms with van der Waals surface area (Å²) < 4.78 is 0. The number of carbonyl (C=O) groups is 2. The predicted molar refractivity (Wildman–Crippen MR) is 72.3 cm³/mol. The fourth-order valence-electron chi connectivity index (χ4n) is 2.43. The molecule has 4 nitrogen and oxygen atoms in total. The van der Waals surface area contributed by atoms with E-state index in [0.717, 1.165) is 19.3 Å². The van der Waals surface area contributed by atoms with Crippen molar-refractivity contribution in [2.24, 2.45) is 0 Å². The van der Waals surface area contributed by atoms with Crippen LogP contribution in [0, 0.1) is 0 Å². The zero-order valence-electron chi connectivity index (χ0n) is 11.1. The van der Waals surface area contributed by atoms with Gasteiger partial charge in [0.2, 0.25) is 0 Å². The highest BCUT2D eigenvalue weighted by molar-refractivity contribution is 5.94. The molecular formula is C15H19NO3. The third kappa shape index (κ3) is 3.56. The van der Waals surface area contributed by atoms with Crippen LogP contribution in [0.15, 0.2) is 18.2 Å². The molecule has 19 heavy (non-hydrogen) atoms. The maximum atomic E-state index is 12.0. The normalized spacial score (nSPS) is 14.8. The van der Waals surface area contributed by atoms with E-state index in [1.165, 1.54) is 11.1 Å². The molecule has 1 aliphatic rings. The van der Waals surface area contributed by atoms with Crippen molar-refractivity contribution in [2.45, 2.75) is 45.1 Å². The molecule has 0 fully saturated rings. The number of fused-ring (bicyclic) bond motifs is 1. The van der Waals surface area contributed by atoms with Gasteiger partial charge in [-0.15, -0.1) is 0 Å². The maximum Gasteiger partial charge on any atom is 0.303 e. The molecule has 0 heterocycles. The lowest BCUT2D eigenvalue weighted by molar-refractivity contribution is -0.137. The van der Waals surface area contributed by atoms with Crippen LogP contribution in [-0.4, -0.2) is 23.0 Å². The Kier molecular flexibility index (Phi) is 4.20. The van der Waals surface area contributed by atoms with Gasteiger partial charge >= 0.3 is 5.97 Å². The van der Waals surface area contributed by atoms with E-state index in [9.17, 15) is 9.59 Å². The smallest absolute Gasteiger partial charge is 0.303 e. The van der Waals surface area contributed by atoms with E-state index in [0.29, 0.717) is 12.0 Å². The van der Waals surface area contributed by atoms with Gasteiger partial charge in [0.25, 0.3) is 5.91 Å². The molecule has 1 unspecified atom stereocenters. The molecule has 0 saturated carbocycles. The van der Waals surface area contributed by atoms with Crippen LogP contribution < -0.4 is 5.32 Å². The van der Waals surface area contributed by atoms with Crippen molar-refractivity contribution in [3.8, 4) is 0 Å². The number of carboxylic acid groups (broad SMARTS) is 1. The lowest BCUT2D eigenvalue weighted by atomic mass is 10.1. The van der Waals surface area contributed by atoms with Gasteiger partial charge in [-0.05, 0) is 55.9 Å². The van der Waals surface area contributed by atoms with Gasteiger partial charge in [0.05, 0.1) is 0 Å². The molecule has 0 radical (unpaired) electrons. The Bertz CT molecular complexity index is 496. The van der Waals surface area contributed by atoms with Gasteiger partial charge in [-0.1, -0.05) is 6.07 Å². The minimum Gasteiger partial charge on any atom is -0.481 e. The fourth-order valence-corrected chi connectivity index (χ4v) is 2.43. The number of hydrogen-bond acceptors (Lipinski definition) is 2. The first-order chi connectivity index (χ1) is 9.06. The summed E-state index contributed by atoms with van der Waals surface area (Å²) >= 11 is 0. The lowest BCUT2D eigenvalue weighted by Gasteiger charge is -2.13. The van der Waals surface area contributed by atoms with E-state index in [1.807, 2.05) is 25.1 Å². The number of carbonyl (C=O) groups excluding carboxylic acids is 1. The Morgan fingerprint density at radius 3 is 2.79 bits per heavy atom. The van der Waals surface area contributed by atoms with Gasteiger partial charge < -0.3 is 10.4 Å². The maximum absolute atomic E-state index is 12.0.